The molecule has 0 fully saturated rings. The second-order valence-corrected chi connectivity index (χ2v) is 13.8. The smallest absolute Gasteiger partial charge is 0.336 e. The summed E-state index contributed by atoms with van der Waals surface area (Å²) < 4.78 is 49.2. The van der Waals surface area contributed by atoms with Gasteiger partial charge in [-0.3, -0.25) is 14.4 Å². The van der Waals surface area contributed by atoms with E-state index in [1.165, 1.54) is 18.2 Å². The number of fused-ring (bicyclic) bond motifs is 3. The van der Waals surface area contributed by atoms with Crippen LogP contribution in [-0.2, 0) is 28.6 Å². The number of ether oxygens (including phenoxy) is 6. The first kappa shape index (κ1) is 42.7. The molecule has 0 saturated heterocycles. The Bertz CT molecular complexity index is 2450. The molecule has 3 aromatic carbocycles. The lowest BCUT2D eigenvalue weighted by Gasteiger charge is -2.18. The Morgan fingerprint density at radius 1 is 0.433 bits per heavy atom. The minimum atomic E-state index is -1.03. The molecule has 0 atom stereocenters. The number of benzene rings is 3. The van der Waals surface area contributed by atoms with Gasteiger partial charge in [-0.2, -0.15) is 0 Å². The van der Waals surface area contributed by atoms with Crippen molar-refractivity contribution in [3.05, 3.63) is 122 Å². The largest absolute Gasteiger partial charge is 0.493 e. The van der Waals surface area contributed by atoms with Crippen molar-refractivity contribution in [3.8, 4) is 17.2 Å². The van der Waals surface area contributed by atoms with Crippen LogP contribution < -0.4 is 31.1 Å². The van der Waals surface area contributed by atoms with Crippen LogP contribution >= 0.6 is 0 Å². The molecule has 0 spiro atoms. The van der Waals surface area contributed by atoms with Crippen LogP contribution in [0.15, 0.2) is 119 Å². The highest BCUT2D eigenvalue weighted by Crippen LogP contribution is 2.22. The number of carbonyl (C=O) groups is 3. The summed E-state index contributed by atoms with van der Waals surface area (Å²) in [4.78, 5) is 72.6. The highest BCUT2D eigenvalue weighted by atomic mass is 16.6. The van der Waals surface area contributed by atoms with E-state index < -0.39 is 40.9 Å². The monoisotopic (exact) mass is 824 g/mol. The standard InChI is InChI=1S/C45H44O15/c46-40(7-1-4-22-52-33-16-10-30-13-19-43(49)58-37(30)25-33)55-28-36(57-42(48)9-3-6-24-54-35-18-12-32-15-21-45(51)60-39(32)27-35)29-56-41(47)8-2-5-23-53-34-17-11-31-14-20-44(50)59-38(31)26-34/h10-21,25-27,36H,1-9,22-24,28-29H2. The summed E-state index contributed by atoms with van der Waals surface area (Å²) in [7, 11) is 0. The zero-order chi connectivity index (χ0) is 42.1. The molecular weight excluding hydrogens is 780 g/mol. The highest BCUT2D eigenvalue weighted by molar-refractivity contribution is 5.79. The van der Waals surface area contributed by atoms with Gasteiger partial charge in [-0.25, -0.2) is 14.4 Å². The molecule has 0 saturated carbocycles. The van der Waals surface area contributed by atoms with E-state index in [1.807, 2.05) is 0 Å². The van der Waals surface area contributed by atoms with E-state index in [-0.39, 0.29) is 32.5 Å². The van der Waals surface area contributed by atoms with E-state index in [2.05, 4.69) is 0 Å². The molecule has 0 bridgehead atoms. The van der Waals surface area contributed by atoms with Gasteiger partial charge in [0.2, 0.25) is 0 Å². The Balaban J connectivity index is 0.905. The van der Waals surface area contributed by atoms with Crippen LogP contribution in [0.2, 0.25) is 0 Å². The van der Waals surface area contributed by atoms with E-state index in [9.17, 15) is 28.8 Å². The van der Waals surface area contributed by atoms with E-state index >= 15 is 0 Å². The first-order valence-corrected chi connectivity index (χ1v) is 19.7. The van der Waals surface area contributed by atoms with Crippen LogP contribution in [-0.4, -0.2) is 57.0 Å². The second-order valence-electron chi connectivity index (χ2n) is 13.8. The summed E-state index contributed by atoms with van der Waals surface area (Å²) in [5.74, 6) is -0.0276. The second kappa shape index (κ2) is 21.7. The van der Waals surface area contributed by atoms with Crippen molar-refractivity contribution >= 4 is 50.8 Å². The first-order valence-electron chi connectivity index (χ1n) is 19.7. The van der Waals surface area contributed by atoms with Gasteiger partial charge in [0.25, 0.3) is 0 Å². The summed E-state index contributed by atoms with van der Waals surface area (Å²) in [5.41, 5.74) is -0.139. The third-order valence-electron chi connectivity index (χ3n) is 9.07. The third kappa shape index (κ3) is 13.6. The summed E-state index contributed by atoms with van der Waals surface area (Å²) >= 11 is 0. The summed E-state index contributed by atoms with van der Waals surface area (Å²) in [6, 6.07) is 24.6. The average molecular weight is 825 g/mol. The highest BCUT2D eigenvalue weighted by Gasteiger charge is 2.20. The fourth-order valence-electron chi connectivity index (χ4n) is 5.95. The Kier molecular flexibility index (Phi) is 15.5. The number of esters is 3. The molecule has 3 heterocycles. The van der Waals surface area contributed by atoms with Gasteiger partial charge < -0.3 is 41.7 Å². The molecule has 0 aliphatic heterocycles. The maximum Gasteiger partial charge on any atom is 0.336 e. The maximum absolute atomic E-state index is 12.8. The van der Waals surface area contributed by atoms with Gasteiger partial charge >= 0.3 is 34.8 Å². The molecule has 0 unspecified atom stereocenters. The minimum absolute atomic E-state index is 0.0427. The molecule has 6 aromatic rings. The lowest BCUT2D eigenvalue weighted by atomic mass is 10.2. The molecule has 0 radical (unpaired) electrons. The number of hydrogen-bond acceptors (Lipinski definition) is 15. The fourth-order valence-corrected chi connectivity index (χ4v) is 5.95. The molecule has 0 N–H and O–H groups in total. The van der Waals surface area contributed by atoms with E-state index in [1.54, 1.807) is 72.8 Å². The third-order valence-corrected chi connectivity index (χ3v) is 9.07. The van der Waals surface area contributed by atoms with Crippen molar-refractivity contribution in [2.75, 3.05) is 33.0 Å². The SMILES string of the molecule is O=C(CCCCOc1ccc2ccc(=O)oc2c1)OCC(COC(=O)CCCCOc1ccc2ccc(=O)oc2c1)OC(=O)CCCCOc1ccc2ccc(=O)oc2c1. The molecule has 60 heavy (non-hydrogen) atoms. The molecule has 15 nitrogen and oxygen atoms in total. The van der Waals surface area contributed by atoms with Crippen LogP contribution in [0.4, 0.5) is 0 Å². The molecule has 3 aromatic heterocycles. The molecule has 314 valence electrons. The summed E-state index contributed by atoms with van der Waals surface area (Å²) in [6.07, 6.45) is 2.10. The lowest BCUT2D eigenvalue weighted by Crippen LogP contribution is -2.31. The van der Waals surface area contributed by atoms with Crippen LogP contribution in [0.1, 0.15) is 57.8 Å². The van der Waals surface area contributed by atoms with Crippen molar-refractivity contribution in [1.82, 2.24) is 0 Å². The van der Waals surface area contributed by atoms with Gasteiger partial charge in [0.05, 0.1) is 19.8 Å². The van der Waals surface area contributed by atoms with Gasteiger partial charge in [-0.05, 0) is 93.1 Å². The van der Waals surface area contributed by atoms with Crippen LogP contribution in [0.25, 0.3) is 32.9 Å². The van der Waals surface area contributed by atoms with Gasteiger partial charge in [-0.1, -0.05) is 0 Å². The zero-order valence-electron chi connectivity index (χ0n) is 32.8. The average Bonchev–Trinajstić information content (AvgIpc) is 3.23. The van der Waals surface area contributed by atoms with Gasteiger partial charge in [0, 0.05) is 71.8 Å². The molecule has 6 rings (SSSR count). The number of rotatable bonds is 23. The first-order chi connectivity index (χ1) is 29.2. The van der Waals surface area contributed by atoms with Crippen molar-refractivity contribution in [2.24, 2.45) is 0 Å². The van der Waals surface area contributed by atoms with Crippen molar-refractivity contribution in [2.45, 2.75) is 63.9 Å². The van der Waals surface area contributed by atoms with Crippen LogP contribution in [0.5, 0.6) is 17.2 Å². The molecule has 0 amide bonds. The van der Waals surface area contributed by atoms with E-state index in [4.69, 9.17) is 41.7 Å². The van der Waals surface area contributed by atoms with E-state index in [0.29, 0.717) is 92.3 Å². The predicted molar refractivity (Wildman–Crippen MR) is 217 cm³/mol. The molecular formula is C45H44O15. The predicted octanol–water partition coefficient (Wildman–Crippen LogP) is 7.05. The normalized spacial score (nSPS) is 11.2. The summed E-state index contributed by atoms with van der Waals surface area (Å²) in [5, 5.41) is 2.30. The van der Waals surface area contributed by atoms with Gasteiger partial charge in [-0.15, -0.1) is 0 Å². The number of unbranched alkanes of at least 4 members (excludes halogenated alkanes) is 3. The molecule has 0 aliphatic carbocycles. The van der Waals surface area contributed by atoms with Crippen molar-refractivity contribution in [3.63, 3.8) is 0 Å². The van der Waals surface area contributed by atoms with Crippen molar-refractivity contribution < 1.29 is 56.1 Å². The quantitative estimate of drug-likeness (QED) is 0.0275. The minimum Gasteiger partial charge on any atom is -0.493 e. The molecule has 0 aliphatic rings. The van der Waals surface area contributed by atoms with Crippen LogP contribution in [0.3, 0.4) is 0 Å². The number of carbonyl (C=O) groups excluding carboxylic acids is 3. The Morgan fingerprint density at radius 2 is 0.767 bits per heavy atom. The maximum atomic E-state index is 12.8. The fraction of sp³-hybridized carbons (Fsp3) is 0.333. The lowest BCUT2D eigenvalue weighted by molar-refractivity contribution is -0.167. The van der Waals surface area contributed by atoms with Gasteiger partial charge in [0.1, 0.15) is 47.2 Å². The Morgan fingerprint density at radius 3 is 1.13 bits per heavy atom. The zero-order valence-corrected chi connectivity index (χ0v) is 32.8. The van der Waals surface area contributed by atoms with Gasteiger partial charge in [0.15, 0.2) is 6.10 Å². The Hall–Kier alpha value is -6.90. The number of hydrogen-bond donors (Lipinski definition) is 0. The van der Waals surface area contributed by atoms with Crippen molar-refractivity contribution in [1.29, 1.82) is 0 Å². The topological polar surface area (TPSA) is 197 Å². The Labute approximate surface area is 342 Å². The summed E-state index contributed by atoms with van der Waals surface area (Å²) in [6.45, 7) is 0.305. The van der Waals surface area contributed by atoms with E-state index in [0.717, 1.165) is 16.2 Å². The van der Waals surface area contributed by atoms with Crippen LogP contribution in [0, 0.1) is 0 Å². The molecule has 15 heteroatoms.